The Hall–Kier alpha value is -4.30. The van der Waals surface area contributed by atoms with Crippen molar-refractivity contribution < 1.29 is 4.79 Å². The lowest BCUT2D eigenvalue weighted by Gasteiger charge is -2.38. The lowest BCUT2D eigenvalue weighted by molar-refractivity contribution is 0.102. The highest BCUT2D eigenvalue weighted by Gasteiger charge is 2.19. The van der Waals surface area contributed by atoms with Gasteiger partial charge in [0.05, 0.1) is 5.69 Å². The van der Waals surface area contributed by atoms with Gasteiger partial charge in [-0.15, -0.1) is 0 Å². The number of aryl methyl sites for hydroxylation is 1. The van der Waals surface area contributed by atoms with E-state index >= 15 is 0 Å². The number of nitrogens with one attached hydrogen (secondary N) is 2. The van der Waals surface area contributed by atoms with Gasteiger partial charge < -0.3 is 15.5 Å². The van der Waals surface area contributed by atoms with Gasteiger partial charge in [0.15, 0.2) is 0 Å². The maximum atomic E-state index is 13.0. The number of nitrogens with zero attached hydrogens (tertiary/aromatic N) is 5. The van der Waals surface area contributed by atoms with Crippen LogP contribution >= 0.6 is 0 Å². The highest BCUT2D eigenvalue weighted by atomic mass is 16.1. The van der Waals surface area contributed by atoms with Crippen LogP contribution in [0.2, 0.25) is 0 Å². The minimum atomic E-state index is -0.147. The molecule has 2 aromatic heterocycles. The van der Waals surface area contributed by atoms with Crippen molar-refractivity contribution in [2.24, 2.45) is 0 Å². The summed E-state index contributed by atoms with van der Waals surface area (Å²) < 4.78 is 0. The minimum absolute atomic E-state index is 0.147. The van der Waals surface area contributed by atoms with Gasteiger partial charge in [-0.2, -0.15) is 0 Å². The summed E-state index contributed by atoms with van der Waals surface area (Å²) in [6.45, 7) is 10.6. The number of hydrogen-bond acceptors (Lipinski definition) is 7. The van der Waals surface area contributed by atoms with Gasteiger partial charge in [0, 0.05) is 79.0 Å². The summed E-state index contributed by atoms with van der Waals surface area (Å²) in [6, 6.07) is 19.9. The minimum Gasteiger partial charge on any atom is -0.369 e. The Morgan fingerprint density at radius 2 is 1.74 bits per heavy atom. The predicted molar refractivity (Wildman–Crippen MR) is 153 cm³/mol. The van der Waals surface area contributed by atoms with Gasteiger partial charge >= 0.3 is 0 Å². The summed E-state index contributed by atoms with van der Waals surface area (Å²) in [7, 11) is 0. The molecule has 1 saturated heterocycles. The molecule has 8 heteroatoms. The fourth-order valence-electron chi connectivity index (χ4n) is 4.57. The van der Waals surface area contributed by atoms with Gasteiger partial charge in [0.2, 0.25) is 5.95 Å². The molecule has 38 heavy (non-hydrogen) atoms. The molecule has 0 spiro atoms. The van der Waals surface area contributed by atoms with Crippen molar-refractivity contribution in [2.45, 2.75) is 26.8 Å². The molecule has 4 aromatic rings. The zero-order chi connectivity index (χ0) is 26.5. The smallest absolute Gasteiger partial charge is 0.255 e. The van der Waals surface area contributed by atoms with E-state index in [4.69, 9.17) is 0 Å². The van der Waals surface area contributed by atoms with Crippen molar-refractivity contribution in [3.05, 3.63) is 90.4 Å². The first-order chi connectivity index (χ1) is 18.5. The van der Waals surface area contributed by atoms with E-state index in [-0.39, 0.29) is 5.91 Å². The average Bonchev–Trinajstić information content (AvgIpc) is 2.95. The topological polar surface area (TPSA) is 86.3 Å². The van der Waals surface area contributed by atoms with E-state index < -0.39 is 0 Å². The summed E-state index contributed by atoms with van der Waals surface area (Å²) in [6.07, 6.45) is 5.22. The first kappa shape index (κ1) is 25.4. The first-order valence-corrected chi connectivity index (χ1v) is 13.0. The number of carbonyl (C=O) groups is 1. The van der Waals surface area contributed by atoms with E-state index in [0.29, 0.717) is 23.2 Å². The number of anilines is 4. The highest BCUT2D eigenvalue weighted by Crippen LogP contribution is 2.25. The van der Waals surface area contributed by atoms with Crippen molar-refractivity contribution >= 4 is 28.9 Å². The summed E-state index contributed by atoms with van der Waals surface area (Å²) in [5, 5.41) is 6.30. The molecule has 5 rings (SSSR count). The van der Waals surface area contributed by atoms with E-state index in [1.807, 2.05) is 67.6 Å². The van der Waals surface area contributed by atoms with Gasteiger partial charge in [-0.25, -0.2) is 9.97 Å². The van der Waals surface area contributed by atoms with Crippen LogP contribution < -0.4 is 15.5 Å². The second-order valence-electron chi connectivity index (χ2n) is 9.78. The van der Waals surface area contributed by atoms with Gasteiger partial charge in [0.25, 0.3) is 5.91 Å². The van der Waals surface area contributed by atoms with Crippen molar-refractivity contribution in [3.8, 4) is 11.3 Å². The molecule has 1 aliphatic rings. The molecular weight excluding hydrogens is 474 g/mol. The summed E-state index contributed by atoms with van der Waals surface area (Å²) in [5.41, 5.74) is 6.00. The monoisotopic (exact) mass is 507 g/mol. The molecule has 0 atom stereocenters. The van der Waals surface area contributed by atoms with Crippen LogP contribution in [-0.2, 0) is 0 Å². The average molecular weight is 508 g/mol. The van der Waals surface area contributed by atoms with E-state index in [2.05, 4.69) is 49.2 Å². The number of piperazine rings is 1. The van der Waals surface area contributed by atoms with E-state index in [1.54, 1.807) is 18.6 Å². The zero-order valence-electron chi connectivity index (χ0n) is 22.1. The quantitative estimate of drug-likeness (QED) is 0.348. The third kappa shape index (κ3) is 5.98. The van der Waals surface area contributed by atoms with Crippen molar-refractivity contribution in [1.82, 2.24) is 19.9 Å². The predicted octanol–water partition coefficient (Wildman–Crippen LogP) is 5.37. The molecule has 2 aromatic carbocycles. The lowest BCUT2D eigenvalue weighted by atomic mass is 10.1. The number of pyridine rings is 1. The van der Waals surface area contributed by atoms with E-state index in [1.165, 1.54) is 0 Å². The van der Waals surface area contributed by atoms with Gasteiger partial charge in [0.1, 0.15) is 0 Å². The third-order valence-corrected chi connectivity index (χ3v) is 6.89. The van der Waals surface area contributed by atoms with Crippen LogP contribution in [0.5, 0.6) is 0 Å². The Labute approximate surface area is 223 Å². The van der Waals surface area contributed by atoms with Crippen molar-refractivity contribution in [1.29, 1.82) is 0 Å². The molecule has 0 unspecified atom stereocenters. The highest BCUT2D eigenvalue weighted by molar-refractivity contribution is 6.04. The summed E-state index contributed by atoms with van der Waals surface area (Å²) >= 11 is 0. The Morgan fingerprint density at radius 1 is 0.947 bits per heavy atom. The first-order valence-electron chi connectivity index (χ1n) is 13.0. The van der Waals surface area contributed by atoms with Gasteiger partial charge in [-0.05, 0) is 80.9 Å². The third-order valence-electron chi connectivity index (χ3n) is 6.89. The molecule has 0 radical (unpaired) electrons. The SMILES string of the molecule is Cc1ccc(NC(=O)c2ccc(N3CCN(C(C)C)CC3)cc2)cc1Nc1nccc(-c2cccnc2)n1. The largest absolute Gasteiger partial charge is 0.369 e. The Morgan fingerprint density at radius 3 is 2.45 bits per heavy atom. The molecule has 1 fully saturated rings. The maximum absolute atomic E-state index is 13.0. The number of rotatable bonds is 7. The van der Waals surface area contributed by atoms with Gasteiger partial charge in [-0.1, -0.05) is 6.07 Å². The van der Waals surface area contributed by atoms with Crippen LogP contribution in [0, 0.1) is 6.92 Å². The van der Waals surface area contributed by atoms with Crippen LogP contribution in [0.4, 0.5) is 23.0 Å². The van der Waals surface area contributed by atoms with Crippen molar-refractivity contribution in [3.63, 3.8) is 0 Å². The van der Waals surface area contributed by atoms with Crippen LogP contribution in [0.25, 0.3) is 11.3 Å². The Balaban J connectivity index is 1.24. The number of carbonyl (C=O) groups excluding carboxylic acids is 1. The fraction of sp³-hybridized carbons (Fsp3) is 0.267. The molecule has 3 heterocycles. The van der Waals surface area contributed by atoms with Crippen LogP contribution in [0.15, 0.2) is 79.3 Å². The number of aromatic nitrogens is 3. The molecule has 2 N–H and O–H groups in total. The van der Waals surface area contributed by atoms with Crippen LogP contribution in [-0.4, -0.2) is 58.0 Å². The molecule has 194 valence electrons. The second kappa shape index (κ2) is 11.4. The van der Waals surface area contributed by atoms with Crippen LogP contribution in [0.1, 0.15) is 29.8 Å². The Bertz CT molecular complexity index is 1380. The molecule has 8 nitrogen and oxygen atoms in total. The summed E-state index contributed by atoms with van der Waals surface area (Å²) in [5.74, 6) is 0.327. The van der Waals surface area contributed by atoms with E-state index in [9.17, 15) is 4.79 Å². The fourth-order valence-corrected chi connectivity index (χ4v) is 4.57. The van der Waals surface area contributed by atoms with E-state index in [0.717, 1.165) is 54.4 Å². The normalized spacial score (nSPS) is 13.9. The summed E-state index contributed by atoms with van der Waals surface area (Å²) in [4.78, 5) is 31.0. The Kier molecular flexibility index (Phi) is 7.60. The number of benzene rings is 2. The molecule has 1 aliphatic heterocycles. The lowest BCUT2D eigenvalue weighted by Crippen LogP contribution is -2.48. The maximum Gasteiger partial charge on any atom is 0.255 e. The number of amides is 1. The van der Waals surface area contributed by atoms with Crippen molar-refractivity contribution in [2.75, 3.05) is 41.7 Å². The zero-order valence-corrected chi connectivity index (χ0v) is 22.1. The molecule has 1 amide bonds. The molecule has 0 aliphatic carbocycles. The molecular formula is C30H33N7O. The number of hydrogen-bond donors (Lipinski definition) is 2. The molecule has 0 saturated carbocycles. The van der Waals surface area contributed by atoms with Gasteiger partial charge in [-0.3, -0.25) is 14.7 Å². The van der Waals surface area contributed by atoms with Crippen LogP contribution in [0.3, 0.4) is 0 Å². The molecule has 0 bridgehead atoms. The second-order valence-corrected chi connectivity index (χ2v) is 9.78. The standard InChI is InChI=1S/C30H33N7O/c1-21(2)36-15-17-37(18-16-36)26-10-7-23(8-11-26)29(38)33-25-9-6-22(3)28(19-25)35-30-32-14-12-27(34-30)24-5-4-13-31-20-24/h4-14,19-21H,15-18H2,1-3H3,(H,33,38)(H,32,34,35).